The SMILES string of the molecule is CCN(C)C(N)O. The number of aliphatic hydroxyl groups excluding tert-OH is 1. The van der Waals surface area contributed by atoms with Gasteiger partial charge in [-0.15, -0.1) is 0 Å². The Morgan fingerprint density at radius 3 is 2.29 bits per heavy atom. The summed E-state index contributed by atoms with van der Waals surface area (Å²) >= 11 is 0. The third-order valence-electron chi connectivity index (χ3n) is 0.950. The van der Waals surface area contributed by atoms with Gasteiger partial charge in [0.05, 0.1) is 0 Å². The molecule has 1 unspecified atom stereocenters. The van der Waals surface area contributed by atoms with Crippen molar-refractivity contribution < 1.29 is 5.11 Å². The Labute approximate surface area is 43.7 Å². The van der Waals surface area contributed by atoms with Crippen LogP contribution in [-0.2, 0) is 0 Å². The van der Waals surface area contributed by atoms with Gasteiger partial charge in [-0.05, 0) is 13.6 Å². The molecule has 0 aliphatic heterocycles. The van der Waals surface area contributed by atoms with Gasteiger partial charge in [-0.1, -0.05) is 6.92 Å². The molecule has 0 amide bonds. The van der Waals surface area contributed by atoms with Crippen LogP contribution in [0, 0.1) is 0 Å². The Hall–Kier alpha value is -0.120. The van der Waals surface area contributed by atoms with Gasteiger partial charge in [0.2, 0.25) is 0 Å². The highest BCUT2D eigenvalue weighted by Crippen LogP contribution is 1.79. The third-order valence-corrected chi connectivity index (χ3v) is 0.950. The lowest BCUT2D eigenvalue weighted by Crippen LogP contribution is -2.38. The second kappa shape index (κ2) is 2.96. The van der Waals surface area contributed by atoms with Crippen molar-refractivity contribution in [3.63, 3.8) is 0 Å². The summed E-state index contributed by atoms with van der Waals surface area (Å²) < 4.78 is 0. The van der Waals surface area contributed by atoms with Crippen LogP contribution in [0.2, 0.25) is 0 Å². The van der Waals surface area contributed by atoms with Crippen LogP contribution in [0.1, 0.15) is 6.92 Å². The van der Waals surface area contributed by atoms with Gasteiger partial charge in [0.1, 0.15) is 0 Å². The maximum Gasteiger partial charge on any atom is 0.160 e. The van der Waals surface area contributed by atoms with Gasteiger partial charge in [-0.3, -0.25) is 10.6 Å². The predicted octanol–water partition coefficient (Wildman–Crippen LogP) is -0.827. The molecule has 0 bridgehead atoms. The van der Waals surface area contributed by atoms with Crippen molar-refractivity contribution >= 4 is 0 Å². The summed E-state index contributed by atoms with van der Waals surface area (Å²) in [6.07, 6.45) is -0.801. The van der Waals surface area contributed by atoms with Gasteiger partial charge in [-0.2, -0.15) is 0 Å². The van der Waals surface area contributed by atoms with Gasteiger partial charge in [0.15, 0.2) is 6.35 Å². The van der Waals surface area contributed by atoms with Gasteiger partial charge in [0.25, 0.3) is 0 Å². The Kier molecular flexibility index (Phi) is 2.91. The smallest absolute Gasteiger partial charge is 0.160 e. The first-order valence-corrected chi connectivity index (χ1v) is 2.32. The molecule has 1 atom stereocenters. The maximum atomic E-state index is 8.52. The number of hydrogen-bond donors (Lipinski definition) is 2. The molecule has 0 heterocycles. The molecule has 0 rings (SSSR count). The summed E-state index contributed by atoms with van der Waals surface area (Å²) in [6, 6.07) is 0. The molecule has 0 aromatic carbocycles. The lowest BCUT2D eigenvalue weighted by molar-refractivity contribution is 0.0319. The standard InChI is InChI=1S/C4H12N2O/c1-3-6(2)4(5)7/h4,7H,3,5H2,1-2H3. The molecular formula is C4H12N2O. The van der Waals surface area contributed by atoms with Crippen LogP contribution >= 0.6 is 0 Å². The largest absolute Gasteiger partial charge is 0.365 e. The van der Waals surface area contributed by atoms with Crippen molar-refractivity contribution in [1.29, 1.82) is 0 Å². The zero-order valence-corrected chi connectivity index (χ0v) is 4.76. The Bertz CT molecular complexity index is 47.0. The molecule has 0 saturated heterocycles. The monoisotopic (exact) mass is 104 g/mol. The average Bonchev–Trinajstić information content (AvgIpc) is 1.65. The molecule has 0 spiro atoms. The quantitative estimate of drug-likeness (QED) is 0.450. The number of hydrogen-bond acceptors (Lipinski definition) is 3. The summed E-state index contributed by atoms with van der Waals surface area (Å²) in [4.78, 5) is 1.62. The van der Waals surface area contributed by atoms with E-state index in [0.717, 1.165) is 6.54 Å². The van der Waals surface area contributed by atoms with Crippen molar-refractivity contribution in [2.45, 2.75) is 13.3 Å². The van der Waals surface area contributed by atoms with E-state index in [9.17, 15) is 0 Å². The first kappa shape index (κ1) is 6.88. The van der Waals surface area contributed by atoms with Crippen molar-refractivity contribution in [1.82, 2.24) is 4.90 Å². The van der Waals surface area contributed by atoms with Crippen LogP contribution < -0.4 is 5.73 Å². The van der Waals surface area contributed by atoms with Crippen LogP contribution in [-0.4, -0.2) is 30.0 Å². The van der Waals surface area contributed by atoms with Crippen LogP contribution in [0.15, 0.2) is 0 Å². The second-order valence-corrected chi connectivity index (χ2v) is 1.49. The first-order valence-electron chi connectivity index (χ1n) is 2.32. The number of nitrogens with zero attached hydrogens (tertiary/aromatic N) is 1. The molecule has 0 radical (unpaired) electrons. The van der Waals surface area contributed by atoms with E-state index >= 15 is 0 Å². The molecule has 7 heavy (non-hydrogen) atoms. The van der Waals surface area contributed by atoms with E-state index in [-0.39, 0.29) is 0 Å². The van der Waals surface area contributed by atoms with Gasteiger partial charge < -0.3 is 5.11 Å². The fraction of sp³-hybridized carbons (Fsp3) is 1.00. The Morgan fingerprint density at radius 1 is 1.86 bits per heavy atom. The molecule has 44 valence electrons. The Morgan fingerprint density at radius 2 is 2.29 bits per heavy atom. The van der Waals surface area contributed by atoms with Crippen molar-refractivity contribution in [2.24, 2.45) is 5.73 Å². The summed E-state index contributed by atoms with van der Waals surface area (Å²) in [5, 5.41) is 8.52. The molecule has 0 aliphatic rings. The molecule has 3 N–H and O–H groups in total. The first-order chi connectivity index (χ1) is 3.18. The highest BCUT2D eigenvalue weighted by molar-refractivity contribution is 4.41. The molecule has 0 aromatic heterocycles. The fourth-order valence-electron chi connectivity index (χ4n) is 0.187. The second-order valence-electron chi connectivity index (χ2n) is 1.49. The van der Waals surface area contributed by atoms with E-state index in [4.69, 9.17) is 10.8 Å². The zero-order valence-electron chi connectivity index (χ0n) is 4.76. The van der Waals surface area contributed by atoms with Crippen LogP contribution in [0.3, 0.4) is 0 Å². The number of aliphatic hydroxyl groups is 1. The fourth-order valence-corrected chi connectivity index (χ4v) is 0.187. The van der Waals surface area contributed by atoms with Crippen LogP contribution in [0.25, 0.3) is 0 Å². The molecule has 0 saturated carbocycles. The van der Waals surface area contributed by atoms with Crippen molar-refractivity contribution in [3.05, 3.63) is 0 Å². The highest BCUT2D eigenvalue weighted by Gasteiger charge is 1.97. The lowest BCUT2D eigenvalue weighted by atomic mass is 10.6. The third kappa shape index (κ3) is 2.56. The number of nitrogens with two attached hydrogens (primary N) is 1. The number of rotatable bonds is 2. The zero-order chi connectivity index (χ0) is 5.86. The molecule has 0 aliphatic carbocycles. The van der Waals surface area contributed by atoms with Gasteiger partial charge in [-0.25, -0.2) is 0 Å². The molecule has 3 heteroatoms. The highest BCUT2D eigenvalue weighted by atomic mass is 16.3. The van der Waals surface area contributed by atoms with E-state index in [0.29, 0.717) is 0 Å². The lowest BCUT2D eigenvalue weighted by Gasteiger charge is -2.15. The minimum Gasteiger partial charge on any atom is -0.365 e. The summed E-state index contributed by atoms with van der Waals surface area (Å²) in [5.74, 6) is 0. The van der Waals surface area contributed by atoms with E-state index in [1.165, 1.54) is 0 Å². The summed E-state index contributed by atoms with van der Waals surface area (Å²) in [5.41, 5.74) is 5.03. The molecule has 0 fully saturated rings. The minimum absolute atomic E-state index is 0.775. The normalized spacial score (nSPS) is 15.0. The molecule has 3 nitrogen and oxygen atoms in total. The van der Waals surface area contributed by atoms with Crippen molar-refractivity contribution in [3.8, 4) is 0 Å². The van der Waals surface area contributed by atoms with E-state index in [2.05, 4.69) is 0 Å². The van der Waals surface area contributed by atoms with Crippen LogP contribution in [0.4, 0.5) is 0 Å². The van der Waals surface area contributed by atoms with Crippen LogP contribution in [0.5, 0.6) is 0 Å². The van der Waals surface area contributed by atoms with E-state index < -0.39 is 6.35 Å². The summed E-state index contributed by atoms with van der Waals surface area (Å²) in [6.45, 7) is 2.70. The van der Waals surface area contributed by atoms with Gasteiger partial charge >= 0.3 is 0 Å². The average molecular weight is 104 g/mol. The van der Waals surface area contributed by atoms with Crippen molar-refractivity contribution in [2.75, 3.05) is 13.6 Å². The maximum absolute atomic E-state index is 8.52. The Balaban J connectivity index is 3.14. The minimum atomic E-state index is -0.801. The van der Waals surface area contributed by atoms with Gasteiger partial charge in [0, 0.05) is 0 Å². The van der Waals surface area contributed by atoms with E-state index in [1.54, 1.807) is 11.9 Å². The topological polar surface area (TPSA) is 49.5 Å². The predicted molar refractivity (Wildman–Crippen MR) is 28.5 cm³/mol. The summed E-state index contributed by atoms with van der Waals surface area (Å²) in [7, 11) is 1.75. The van der Waals surface area contributed by atoms with E-state index in [1.807, 2.05) is 6.92 Å². The molecule has 0 aromatic rings. The molecular weight excluding hydrogens is 92.1 g/mol.